The first-order chi connectivity index (χ1) is 36.3. The molecule has 0 aromatic heterocycles. The smallest absolute Gasteiger partial charge is 0.496 e. The predicted octanol–water partition coefficient (Wildman–Crippen LogP) is 14.5. The molecule has 0 amide bonds. The number of carbonyl (C=O) groups excluding carboxylic acids is 7. The molecular weight excluding hydrogens is 984 g/mol. The number of allylic oxidation sites excluding steroid dienone is 2. The summed E-state index contributed by atoms with van der Waals surface area (Å²) in [6.45, 7) is 6.34. The minimum absolute atomic E-state index is 0.00889. The van der Waals surface area contributed by atoms with Crippen LogP contribution in [0.1, 0.15) is 253 Å². The van der Waals surface area contributed by atoms with Crippen LogP contribution in [-0.2, 0) is 70.0 Å². The Balaban J connectivity index is 1.88. The van der Waals surface area contributed by atoms with Crippen LogP contribution in [0.2, 0.25) is 0 Å². The Hall–Kier alpha value is -4.85. The highest BCUT2D eigenvalue weighted by molar-refractivity contribution is 7.46. The number of hydrogen-bond acceptors (Lipinski definition) is 16. The second kappa shape index (κ2) is 42.3. The SMILES string of the molecule is CCCCCCCCCCCCCCCC(=O)OCC(COC(=O)CCCCCCCCCCCCCCC)OC(=O)CCC(=O)OCOC(=O)Oc1c(C/C=C(\C)CCC(=O)P=O)c(OC)c(C)c2c1C(=O)OC2. The van der Waals surface area contributed by atoms with E-state index in [4.69, 9.17) is 37.9 Å². The molecule has 1 aromatic carbocycles. The Morgan fingerprint density at radius 3 is 1.49 bits per heavy atom. The van der Waals surface area contributed by atoms with Crippen LogP contribution in [0.3, 0.4) is 0 Å². The quantitative estimate of drug-likeness (QED) is 0.0113. The third kappa shape index (κ3) is 30.5. The summed E-state index contributed by atoms with van der Waals surface area (Å²) in [6.07, 6.45) is 29.9. The van der Waals surface area contributed by atoms with Gasteiger partial charge in [-0.3, -0.25) is 28.5 Å². The maximum absolute atomic E-state index is 13.0. The van der Waals surface area contributed by atoms with Crippen molar-refractivity contribution in [3.63, 3.8) is 0 Å². The number of esters is 5. The summed E-state index contributed by atoms with van der Waals surface area (Å²) in [4.78, 5) is 88.4. The van der Waals surface area contributed by atoms with Crippen molar-refractivity contribution in [2.24, 2.45) is 0 Å². The van der Waals surface area contributed by atoms with Crippen molar-refractivity contribution in [1.29, 1.82) is 0 Å². The lowest BCUT2D eigenvalue weighted by molar-refractivity contribution is -0.168. The minimum atomic E-state index is -1.31. The Morgan fingerprint density at radius 1 is 0.573 bits per heavy atom. The van der Waals surface area contributed by atoms with E-state index in [9.17, 15) is 38.1 Å². The van der Waals surface area contributed by atoms with E-state index in [-0.39, 0.29) is 56.8 Å². The van der Waals surface area contributed by atoms with E-state index >= 15 is 0 Å². The molecule has 0 radical (unpaired) electrons. The molecule has 0 bridgehead atoms. The van der Waals surface area contributed by atoms with Crippen molar-refractivity contribution >= 4 is 50.0 Å². The highest BCUT2D eigenvalue weighted by atomic mass is 31.1. The minimum Gasteiger partial charge on any atom is -0.496 e. The van der Waals surface area contributed by atoms with Crippen molar-refractivity contribution in [3.8, 4) is 11.5 Å². The average Bonchev–Trinajstić information content (AvgIpc) is 3.79. The van der Waals surface area contributed by atoms with Gasteiger partial charge in [0.05, 0.1) is 20.0 Å². The van der Waals surface area contributed by atoms with Crippen LogP contribution >= 0.6 is 8.46 Å². The number of rotatable bonds is 46. The summed E-state index contributed by atoms with van der Waals surface area (Å²) in [5, 5.41) is 0. The van der Waals surface area contributed by atoms with Crippen molar-refractivity contribution in [1.82, 2.24) is 0 Å². The molecule has 1 aliphatic rings. The lowest BCUT2D eigenvalue weighted by Gasteiger charge is -2.18. The van der Waals surface area contributed by atoms with Crippen LogP contribution in [0.15, 0.2) is 11.6 Å². The Bertz CT molecular complexity index is 1860. The monoisotopic (exact) mass is 1070 g/mol. The molecular formula is C58H91O16P. The third-order valence-electron chi connectivity index (χ3n) is 13.4. The van der Waals surface area contributed by atoms with Crippen LogP contribution in [0, 0.1) is 6.92 Å². The summed E-state index contributed by atoms with van der Waals surface area (Å²) in [6, 6.07) is 0. The van der Waals surface area contributed by atoms with E-state index in [1.165, 1.54) is 123 Å². The number of hydrogen-bond donors (Lipinski definition) is 0. The maximum Gasteiger partial charge on any atom is 0.516 e. The number of benzene rings is 1. The summed E-state index contributed by atoms with van der Waals surface area (Å²) >= 11 is 0. The van der Waals surface area contributed by atoms with Gasteiger partial charge in [0.25, 0.3) is 0 Å². The number of fused-ring (bicyclic) bond motifs is 1. The lowest BCUT2D eigenvalue weighted by Crippen LogP contribution is -2.31. The standard InChI is InChI=1S/C58H91O16P/c1-6-8-10-12-14-16-18-20-22-24-26-28-30-32-49(59)68-40-46(41-69-50(60)33-31-29-27-25-23-21-19-17-15-13-11-9-7-2)73-52(62)38-37-51(61)71-43-72-58(65)74-56-47(36-34-44(3)35-39-53(63)75-66)55(67-5)45(4)48-42-70-57(64)54(48)56/h34,46H,6-33,35-43H2,1-5H3/b44-34+. The zero-order valence-corrected chi connectivity index (χ0v) is 47.2. The number of carbonyl (C=O) groups is 7. The molecule has 0 spiro atoms. The Morgan fingerprint density at radius 2 is 1.03 bits per heavy atom. The van der Waals surface area contributed by atoms with E-state index in [2.05, 4.69) is 13.8 Å². The van der Waals surface area contributed by atoms with Gasteiger partial charge in [-0.2, -0.15) is 0 Å². The summed E-state index contributed by atoms with van der Waals surface area (Å²) in [5.41, 5.74) is 1.70. The van der Waals surface area contributed by atoms with Crippen molar-refractivity contribution in [2.75, 3.05) is 27.1 Å². The van der Waals surface area contributed by atoms with Crippen molar-refractivity contribution in [2.45, 2.75) is 252 Å². The van der Waals surface area contributed by atoms with Crippen LogP contribution < -0.4 is 9.47 Å². The molecule has 0 fully saturated rings. The molecule has 16 nitrogen and oxygen atoms in total. The van der Waals surface area contributed by atoms with Crippen LogP contribution in [0.5, 0.6) is 11.5 Å². The van der Waals surface area contributed by atoms with Gasteiger partial charge in [-0.25, -0.2) is 9.59 Å². The third-order valence-corrected chi connectivity index (χ3v) is 13.8. The molecule has 0 aliphatic carbocycles. The van der Waals surface area contributed by atoms with Crippen LogP contribution in [0.25, 0.3) is 0 Å². The fourth-order valence-electron chi connectivity index (χ4n) is 8.83. The number of cyclic esters (lactones) is 1. The summed E-state index contributed by atoms with van der Waals surface area (Å²) in [5.74, 6) is -3.21. The second-order valence-corrected chi connectivity index (χ2v) is 20.4. The highest BCUT2D eigenvalue weighted by Crippen LogP contribution is 2.43. The molecule has 0 N–H and O–H groups in total. The van der Waals surface area contributed by atoms with E-state index in [0.717, 1.165) is 44.1 Å². The molecule has 424 valence electrons. The van der Waals surface area contributed by atoms with Gasteiger partial charge in [0, 0.05) is 30.4 Å². The molecule has 0 atom stereocenters. The first kappa shape index (κ1) is 66.3. The molecule has 2 rings (SSSR count). The molecule has 17 heteroatoms. The van der Waals surface area contributed by atoms with Gasteiger partial charge >= 0.3 is 36.0 Å². The van der Waals surface area contributed by atoms with Crippen LogP contribution in [-0.4, -0.2) is 74.7 Å². The van der Waals surface area contributed by atoms with Crippen molar-refractivity contribution < 1.29 is 76.0 Å². The largest absolute Gasteiger partial charge is 0.516 e. The van der Waals surface area contributed by atoms with Gasteiger partial charge in [-0.1, -0.05) is 180 Å². The van der Waals surface area contributed by atoms with E-state index in [0.29, 0.717) is 41.7 Å². The first-order valence-corrected chi connectivity index (χ1v) is 29.1. The molecule has 1 aromatic rings. The van der Waals surface area contributed by atoms with Gasteiger partial charge in [-0.05, 0) is 45.1 Å². The predicted molar refractivity (Wildman–Crippen MR) is 286 cm³/mol. The number of methoxy groups -OCH3 is 1. The molecule has 75 heavy (non-hydrogen) atoms. The molecule has 0 saturated heterocycles. The highest BCUT2D eigenvalue weighted by Gasteiger charge is 2.34. The van der Waals surface area contributed by atoms with E-state index < -0.39 is 75.7 Å². The normalized spacial score (nSPS) is 12.1. The topological polar surface area (TPSA) is 210 Å². The lowest BCUT2D eigenvalue weighted by atomic mass is 9.94. The number of ether oxygens (including phenoxy) is 8. The molecule has 0 unspecified atom stereocenters. The summed E-state index contributed by atoms with van der Waals surface area (Å²) < 4.78 is 53.8. The zero-order chi connectivity index (χ0) is 54.9. The molecule has 1 heterocycles. The molecule has 0 saturated carbocycles. The molecule has 1 aliphatic heterocycles. The van der Waals surface area contributed by atoms with Gasteiger partial charge in [0.15, 0.2) is 11.9 Å². The fraction of sp³-hybridized carbons (Fsp3) is 0.741. The number of unbranched alkanes of at least 4 members (excludes halogenated alkanes) is 24. The van der Waals surface area contributed by atoms with E-state index in [1.807, 2.05) is 0 Å². The average molecular weight is 1080 g/mol. The second-order valence-electron chi connectivity index (χ2n) is 19.7. The van der Waals surface area contributed by atoms with Gasteiger partial charge in [-0.15, -0.1) is 0 Å². The van der Waals surface area contributed by atoms with Crippen molar-refractivity contribution in [3.05, 3.63) is 33.9 Å². The fourth-order valence-corrected chi connectivity index (χ4v) is 9.04. The van der Waals surface area contributed by atoms with E-state index in [1.54, 1.807) is 19.9 Å². The Labute approximate surface area is 449 Å². The van der Waals surface area contributed by atoms with Gasteiger partial charge in [0.2, 0.25) is 20.8 Å². The zero-order valence-electron chi connectivity index (χ0n) is 46.3. The van der Waals surface area contributed by atoms with Crippen LogP contribution in [0.4, 0.5) is 4.79 Å². The summed E-state index contributed by atoms with van der Waals surface area (Å²) in [7, 11) is 0.847. The first-order valence-electron chi connectivity index (χ1n) is 28.3. The maximum atomic E-state index is 13.0. The van der Waals surface area contributed by atoms with Gasteiger partial charge < -0.3 is 37.9 Å². The Kier molecular flexibility index (Phi) is 37.4. The van der Waals surface area contributed by atoms with Gasteiger partial charge in [0.1, 0.15) is 31.1 Å².